The molecule has 1 rings (SSSR count). The molecule has 0 saturated carbocycles. The maximum absolute atomic E-state index is 12.5. The fourth-order valence-corrected chi connectivity index (χ4v) is 1.29. The third-order valence-corrected chi connectivity index (χ3v) is 2.06. The van der Waals surface area contributed by atoms with Crippen LogP contribution in [0.4, 0.5) is 14.5 Å². The average molecular weight is 248 g/mol. The molecule has 0 aliphatic heterocycles. The number of hydrogen-bond acceptors (Lipinski definition) is 4. The average Bonchev–Trinajstić information content (AvgIpc) is 2.26. The first-order valence-electron chi connectivity index (χ1n) is 3.93. The Morgan fingerprint density at radius 1 is 1.69 bits per heavy atom. The van der Waals surface area contributed by atoms with Crippen LogP contribution < -0.4 is 0 Å². The summed E-state index contributed by atoms with van der Waals surface area (Å²) in [6.07, 6.45) is -2.93. The van der Waals surface area contributed by atoms with Gasteiger partial charge in [-0.2, -0.15) is 5.26 Å². The summed E-state index contributed by atoms with van der Waals surface area (Å²) in [6.45, 7) is 0. The maximum Gasteiger partial charge on any atom is 0.305 e. The van der Waals surface area contributed by atoms with E-state index in [1.54, 1.807) is 0 Å². The molecule has 0 aromatic carbocycles. The molecule has 0 radical (unpaired) electrons. The van der Waals surface area contributed by atoms with Crippen molar-refractivity contribution < 1.29 is 13.7 Å². The Hall–Kier alpha value is -1.81. The normalized spacial score (nSPS) is 10.2. The Labute approximate surface area is 93.4 Å². The zero-order chi connectivity index (χ0) is 12.3. The topological polar surface area (TPSA) is 79.8 Å². The Kier molecular flexibility index (Phi) is 3.68. The van der Waals surface area contributed by atoms with Gasteiger partial charge in [0, 0.05) is 17.5 Å². The highest BCUT2D eigenvalue weighted by atomic mass is 35.5. The zero-order valence-corrected chi connectivity index (χ0v) is 8.41. The van der Waals surface area contributed by atoms with Crippen LogP contribution in [0, 0.1) is 21.4 Å². The van der Waals surface area contributed by atoms with E-state index >= 15 is 0 Å². The second-order valence-electron chi connectivity index (χ2n) is 2.70. The van der Waals surface area contributed by atoms with Crippen molar-refractivity contribution in [3.63, 3.8) is 0 Å². The van der Waals surface area contributed by atoms with Crippen LogP contribution in [-0.2, 0) is 5.88 Å². The minimum Gasteiger partial charge on any atom is -0.258 e. The van der Waals surface area contributed by atoms with Gasteiger partial charge in [-0.15, -0.1) is 11.6 Å². The van der Waals surface area contributed by atoms with Crippen molar-refractivity contribution in [3.05, 3.63) is 33.1 Å². The van der Waals surface area contributed by atoms with Gasteiger partial charge in [-0.3, -0.25) is 10.1 Å². The van der Waals surface area contributed by atoms with Crippen molar-refractivity contribution in [1.29, 1.82) is 5.26 Å². The number of hydrogen-bond donors (Lipinski definition) is 0. The third kappa shape index (κ3) is 2.23. The number of alkyl halides is 3. The largest absolute Gasteiger partial charge is 0.305 e. The molecule has 0 N–H and O–H groups in total. The Bertz CT molecular complexity index is 473. The quantitative estimate of drug-likeness (QED) is 0.467. The summed E-state index contributed by atoms with van der Waals surface area (Å²) in [5.74, 6) is -0.334. The van der Waals surface area contributed by atoms with Crippen LogP contribution in [0.3, 0.4) is 0 Å². The van der Waals surface area contributed by atoms with Gasteiger partial charge >= 0.3 is 5.69 Å². The van der Waals surface area contributed by atoms with Crippen LogP contribution in [-0.4, -0.2) is 9.91 Å². The van der Waals surface area contributed by atoms with Gasteiger partial charge in [0.25, 0.3) is 6.43 Å². The molecular weight excluding hydrogens is 244 g/mol. The van der Waals surface area contributed by atoms with E-state index in [9.17, 15) is 18.9 Å². The van der Waals surface area contributed by atoms with Crippen LogP contribution in [0.25, 0.3) is 0 Å². The molecular formula is C8H4ClF2N3O2. The van der Waals surface area contributed by atoms with Crippen molar-refractivity contribution in [3.8, 4) is 6.07 Å². The number of nitrogens with zero attached hydrogens (tertiary/aromatic N) is 3. The number of aromatic nitrogens is 1. The zero-order valence-electron chi connectivity index (χ0n) is 7.65. The summed E-state index contributed by atoms with van der Waals surface area (Å²) in [4.78, 5) is 12.9. The number of pyridine rings is 1. The van der Waals surface area contributed by atoms with E-state index in [1.165, 1.54) is 6.07 Å². The van der Waals surface area contributed by atoms with E-state index in [-0.39, 0.29) is 11.4 Å². The van der Waals surface area contributed by atoms with Crippen molar-refractivity contribution in [2.24, 2.45) is 0 Å². The Balaban J connectivity index is 3.48. The van der Waals surface area contributed by atoms with Crippen LogP contribution in [0.1, 0.15) is 23.4 Å². The minimum absolute atomic E-state index is 0.151. The molecule has 0 atom stereocenters. The molecule has 8 heteroatoms. The van der Waals surface area contributed by atoms with Gasteiger partial charge in [0.15, 0.2) is 0 Å². The van der Waals surface area contributed by atoms with E-state index in [1.807, 2.05) is 0 Å². The summed E-state index contributed by atoms with van der Waals surface area (Å²) >= 11 is 5.37. The lowest BCUT2D eigenvalue weighted by Gasteiger charge is -2.05. The molecule has 0 saturated heterocycles. The van der Waals surface area contributed by atoms with Crippen molar-refractivity contribution >= 4 is 17.3 Å². The van der Waals surface area contributed by atoms with Gasteiger partial charge in [0.05, 0.1) is 4.92 Å². The first-order valence-corrected chi connectivity index (χ1v) is 4.47. The first kappa shape index (κ1) is 12.3. The molecule has 1 heterocycles. The van der Waals surface area contributed by atoms with Crippen molar-refractivity contribution in [2.75, 3.05) is 0 Å². The van der Waals surface area contributed by atoms with Crippen LogP contribution in [0.5, 0.6) is 0 Å². The number of nitriles is 1. The minimum atomic E-state index is -2.93. The highest BCUT2D eigenvalue weighted by Crippen LogP contribution is 2.27. The van der Waals surface area contributed by atoms with Gasteiger partial charge in [0.2, 0.25) is 5.69 Å². The third-order valence-electron chi connectivity index (χ3n) is 1.77. The van der Waals surface area contributed by atoms with E-state index in [0.717, 1.165) is 6.07 Å². The highest BCUT2D eigenvalue weighted by Gasteiger charge is 2.23. The molecule has 0 amide bonds. The lowest BCUT2D eigenvalue weighted by molar-refractivity contribution is -0.385. The van der Waals surface area contributed by atoms with Crippen molar-refractivity contribution in [1.82, 2.24) is 4.98 Å². The fraction of sp³-hybridized carbons (Fsp3) is 0.250. The monoisotopic (exact) mass is 247 g/mol. The lowest BCUT2D eigenvalue weighted by atomic mass is 10.1. The lowest BCUT2D eigenvalue weighted by Crippen LogP contribution is -2.03. The number of halogens is 3. The van der Waals surface area contributed by atoms with Gasteiger partial charge in [-0.1, -0.05) is 0 Å². The Morgan fingerprint density at radius 2 is 2.31 bits per heavy atom. The van der Waals surface area contributed by atoms with E-state index in [0.29, 0.717) is 0 Å². The molecule has 0 fully saturated rings. The molecule has 16 heavy (non-hydrogen) atoms. The molecule has 0 unspecified atom stereocenters. The molecule has 84 valence electrons. The van der Waals surface area contributed by atoms with Crippen LogP contribution >= 0.6 is 11.6 Å². The first-order chi connectivity index (χ1) is 7.51. The standard InChI is InChI=1S/C8H4ClF2N3O2/c9-2-4-1-6(14(15)16)5(3-12)13-7(4)8(10)11/h1,8H,2H2. The predicted molar refractivity (Wildman–Crippen MR) is 50.1 cm³/mol. The molecule has 1 aromatic heterocycles. The van der Waals surface area contributed by atoms with Crippen molar-refractivity contribution in [2.45, 2.75) is 12.3 Å². The molecule has 0 spiro atoms. The summed E-state index contributed by atoms with van der Waals surface area (Å²) in [7, 11) is 0. The molecule has 5 nitrogen and oxygen atoms in total. The second kappa shape index (κ2) is 4.81. The number of rotatable bonds is 3. The summed E-state index contributed by atoms with van der Waals surface area (Å²) < 4.78 is 24.9. The van der Waals surface area contributed by atoms with Crippen LogP contribution in [0.15, 0.2) is 6.07 Å². The molecule has 0 aliphatic carbocycles. The van der Waals surface area contributed by atoms with Gasteiger partial charge < -0.3 is 0 Å². The summed E-state index contributed by atoms with van der Waals surface area (Å²) in [5, 5.41) is 19.1. The van der Waals surface area contributed by atoms with E-state index in [2.05, 4.69) is 4.98 Å². The highest BCUT2D eigenvalue weighted by molar-refractivity contribution is 6.17. The van der Waals surface area contributed by atoms with Crippen LogP contribution in [0.2, 0.25) is 0 Å². The fourth-order valence-electron chi connectivity index (χ4n) is 1.07. The molecule has 1 aromatic rings. The predicted octanol–water partition coefficient (Wildman–Crippen LogP) is 2.54. The van der Waals surface area contributed by atoms with Gasteiger partial charge in [-0.25, -0.2) is 13.8 Å². The summed E-state index contributed by atoms with van der Waals surface area (Å²) in [5.41, 5.74) is -2.11. The smallest absolute Gasteiger partial charge is 0.258 e. The maximum atomic E-state index is 12.5. The van der Waals surface area contributed by atoms with E-state index < -0.39 is 28.4 Å². The van der Waals surface area contributed by atoms with E-state index in [4.69, 9.17) is 16.9 Å². The summed E-state index contributed by atoms with van der Waals surface area (Å²) in [6, 6.07) is 2.24. The number of nitro groups is 1. The SMILES string of the molecule is N#Cc1nc(C(F)F)c(CCl)cc1[N+](=O)[O-]. The van der Waals surface area contributed by atoms with Gasteiger partial charge in [-0.05, 0) is 0 Å². The Morgan fingerprint density at radius 3 is 2.69 bits per heavy atom. The molecule has 0 bridgehead atoms. The molecule has 0 aliphatic rings. The second-order valence-corrected chi connectivity index (χ2v) is 2.97. The van der Waals surface area contributed by atoms with Gasteiger partial charge in [0.1, 0.15) is 11.8 Å².